The molecule has 30 heavy (non-hydrogen) atoms. The Bertz CT molecular complexity index is 1050. The van der Waals surface area contributed by atoms with Crippen LogP contribution in [0.15, 0.2) is 48.5 Å². The summed E-state index contributed by atoms with van der Waals surface area (Å²) >= 11 is 0. The summed E-state index contributed by atoms with van der Waals surface area (Å²) in [6.45, 7) is 6.69. The number of nitrogens with one attached hydrogen (secondary N) is 1. The Hall–Kier alpha value is -3.19. The Morgan fingerprint density at radius 3 is 2.47 bits per heavy atom. The number of rotatable bonds is 5. The molecule has 0 aliphatic carbocycles. The van der Waals surface area contributed by atoms with E-state index in [1.54, 1.807) is 0 Å². The molecular weight excluding hydrogens is 380 g/mol. The minimum atomic E-state index is -0.120. The first-order valence-electron chi connectivity index (χ1n) is 10.3. The molecule has 1 N–H and O–H groups in total. The molecule has 2 amide bonds. The number of para-hydroxylation sites is 1. The third kappa shape index (κ3) is 4.21. The maximum atomic E-state index is 12.6. The van der Waals surface area contributed by atoms with Gasteiger partial charge in [-0.2, -0.15) is 5.10 Å². The van der Waals surface area contributed by atoms with Gasteiger partial charge in [-0.3, -0.25) is 14.3 Å². The van der Waals surface area contributed by atoms with Crippen molar-refractivity contribution in [2.75, 3.05) is 31.6 Å². The molecule has 156 valence electrons. The van der Waals surface area contributed by atoms with E-state index in [9.17, 15) is 9.59 Å². The molecule has 0 bridgehead atoms. The number of hydrogen-bond donors (Lipinski definition) is 1. The number of carbonyl (C=O) groups is 2. The summed E-state index contributed by atoms with van der Waals surface area (Å²) in [4.78, 5) is 26.6. The average molecular weight is 406 g/mol. The summed E-state index contributed by atoms with van der Waals surface area (Å²) < 4.78 is 7.19. The number of carbonyl (C=O) groups excluding carboxylic acids is 2. The van der Waals surface area contributed by atoms with Gasteiger partial charge in [0, 0.05) is 30.0 Å². The van der Waals surface area contributed by atoms with Crippen LogP contribution in [-0.2, 0) is 16.1 Å². The lowest BCUT2D eigenvalue weighted by atomic mass is 10.1. The predicted octanol–water partition coefficient (Wildman–Crippen LogP) is 3.15. The van der Waals surface area contributed by atoms with Gasteiger partial charge in [-0.1, -0.05) is 38.1 Å². The first kappa shape index (κ1) is 20.1. The van der Waals surface area contributed by atoms with Crippen molar-refractivity contribution < 1.29 is 14.3 Å². The molecule has 0 radical (unpaired) electrons. The Kier molecular flexibility index (Phi) is 5.81. The Morgan fingerprint density at radius 1 is 1.07 bits per heavy atom. The summed E-state index contributed by atoms with van der Waals surface area (Å²) in [6.07, 6.45) is 0. The van der Waals surface area contributed by atoms with Gasteiger partial charge in [0.1, 0.15) is 0 Å². The molecule has 4 rings (SSSR count). The van der Waals surface area contributed by atoms with E-state index in [4.69, 9.17) is 4.74 Å². The molecule has 0 unspecified atom stereocenters. The minimum Gasteiger partial charge on any atom is -0.378 e. The zero-order valence-corrected chi connectivity index (χ0v) is 17.3. The van der Waals surface area contributed by atoms with Crippen LogP contribution in [-0.4, -0.2) is 52.8 Å². The number of amides is 2. The highest BCUT2D eigenvalue weighted by Crippen LogP contribution is 2.24. The molecule has 1 aliphatic rings. The highest BCUT2D eigenvalue weighted by atomic mass is 16.5. The number of aromatic nitrogens is 2. The summed E-state index contributed by atoms with van der Waals surface area (Å²) in [5.41, 5.74) is 2.66. The van der Waals surface area contributed by atoms with Crippen LogP contribution in [0.3, 0.4) is 0 Å². The van der Waals surface area contributed by atoms with E-state index in [1.165, 1.54) is 0 Å². The van der Waals surface area contributed by atoms with Crippen molar-refractivity contribution in [1.29, 1.82) is 0 Å². The van der Waals surface area contributed by atoms with Crippen molar-refractivity contribution in [1.82, 2.24) is 14.7 Å². The van der Waals surface area contributed by atoms with Crippen molar-refractivity contribution in [2.24, 2.45) is 5.92 Å². The van der Waals surface area contributed by atoms with Gasteiger partial charge >= 0.3 is 0 Å². The van der Waals surface area contributed by atoms with Crippen molar-refractivity contribution in [3.05, 3.63) is 59.7 Å². The van der Waals surface area contributed by atoms with Gasteiger partial charge in [0.25, 0.3) is 5.91 Å². The van der Waals surface area contributed by atoms with Gasteiger partial charge in [0.2, 0.25) is 5.91 Å². The lowest BCUT2D eigenvalue weighted by Gasteiger charge is -2.26. The Balaban J connectivity index is 1.54. The molecule has 7 heteroatoms. The lowest BCUT2D eigenvalue weighted by Crippen LogP contribution is -2.40. The molecule has 1 aromatic heterocycles. The molecule has 7 nitrogen and oxygen atoms in total. The Morgan fingerprint density at radius 2 is 1.77 bits per heavy atom. The fourth-order valence-corrected chi connectivity index (χ4v) is 3.48. The highest BCUT2D eigenvalue weighted by molar-refractivity contribution is 6.00. The van der Waals surface area contributed by atoms with Gasteiger partial charge in [0.05, 0.1) is 25.3 Å². The number of fused-ring (bicyclic) bond motifs is 1. The summed E-state index contributed by atoms with van der Waals surface area (Å²) in [5, 5.41) is 8.46. The number of ether oxygens (including phenoxy) is 1. The van der Waals surface area contributed by atoms with E-state index >= 15 is 0 Å². The van der Waals surface area contributed by atoms with Crippen LogP contribution in [0.4, 0.5) is 5.82 Å². The molecule has 3 aromatic rings. The van der Waals surface area contributed by atoms with Crippen LogP contribution in [0.25, 0.3) is 10.9 Å². The third-order valence-electron chi connectivity index (χ3n) is 5.26. The molecule has 2 heterocycles. The minimum absolute atomic E-state index is 0.0353. The van der Waals surface area contributed by atoms with E-state index < -0.39 is 0 Å². The number of hydrogen-bond acceptors (Lipinski definition) is 4. The summed E-state index contributed by atoms with van der Waals surface area (Å²) in [7, 11) is 0. The molecular formula is C23H26N4O3. The smallest absolute Gasteiger partial charge is 0.254 e. The van der Waals surface area contributed by atoms with Crippen molar-refractivity contribution in [2.45, 2.75) is 20.4 Å². The van der Waals surface area contributed by atoms with Crippen molar-refractivity contribution in [3.8, 4) is 0 Å². The second-order valence-electron chi connectivity index (χ2n) is 7.77. The number of benzene rings is 2. The molecule has 1 aliphatic heterocycles. The monoisotopic (exact) mass is 406 g/mol. The first-order chi connectivity index (χ1) is 14.5. The van der Waals surface area contributed by atoms with Gasteiger partial charge in [-0.25, -0.2) is 0 Å². The van der Waals surface area contributed by atoms with Gasteiger partial charge in [0.15, 0.2) is 5.82 Å². The second kappa shape index (κ2) is 8.67. The van der Waals surface area contributed by atoms with Gasteiger partial charge in [-0.15, -0.1) is 0 Å². The zero-order chi connectivity index (χ0) is 21.1. The molecule has 0 atom stereocenters. The van der Waals surface area contributed by atoms with E-state index in [-0.39, 0.29) is 17.7 Å². The zero-order valence-electron chi connectivity index (χ0n) is 17.3. The van der Waals surface area contributed by atoms with Gasteiger partial charge in [-0.05, 0) is 29.8 Å². The molecule has 0 spiro atoms. The Labute approximate surface area is 175 Å². The summed E-state index contributed by atoms with van der Waals surface area (Å²) in [5.74, 6) is 0.429. The van der Waals surface area contributed by atoms with Crippen molar-refractivity contribution in [3.63, 3.8) is 0 Å². The van der Waals surface area contributed by atoms with Crippen LogP contribution < -0.4 is 5.32 Å². The van der Waals surface area contributed by atoms with Crippen LogP contribution in [0.1, 0.15) is 29.8 Å². The maximum absolute atomic E-state index is 12.6. The van der Waals surface area contributed by atoms with Gasteiger partial charge < -0.3 is 15.0 Å². The van der Waals surface area contributed by atoms with E-state index in [2.05, 4.69) is 10.4 Å². The van der Waals surface area contributed by atoms with E-state index in [0.717, 1.165) is 16.5 Å². The van der Waals surface area contributed by atoms with E-state index in [1.807, 2.05) is 72.0 Å². The van der Waals surface area contributed by atoms with Crippen LogP contribution in [0, 0.1) is 5.92 Å². The number of morpholine rings is 1. The average Bonchev–Trinajstić information content (AvgIpc) is 3.11. The second-order valence-corrected chi connectivity index (χ2v) is 7.77. The molecule has 0 saturated carbocycles. The SMILES string of the molecule is CC(C)C(=O)Nc1nn(Cc2ccc(C(=O)N3CCOCC3)cc2)c2ccccc12. The quantitative estimate of drug-likeness (QED) is 0.706. The van der Waals surface area contributed by atoms with E-state index in [0.29, 0.717) is 44.2 Å². The highest BCUT2D eigenvalue weighted by Gasteiger charge is 2.19. The molecule has 2 aromatic carbocycles. The predicted molar refractivity (Wildman–Crippen MR) is 115 cm³/mol. The largest absolute Gasteiger partial charge is 0.378 e. The lowest BCUT2D eigenvalue weighted by molar-refractivity contribution is -0.118. The first-order valence-corrected chi connectivity index (χ1v) is 10.3. The van der Waals surface area contributed by atoms with Crippen LogP contribution >= 0.6 is 0 Å². The molecule has 1 saturated heterocycles. The number of nitrogens with zero attached hydrogens (tertiary/aromatic N) is 3. The standard InChI is InChI=1S/C23H26N4O3/c1-16(2)22(28)24-21-19-5-3-4-6-20(19)27(25-21)15-17-7-9-18(10-8-17)23(29)26-11-13-30-14-12-26/h3-10,16H,11-15H2,1-2H3,(H,24,25,28). The topological polar surface area (TPSA) is 76.5 Å². The number of anilines is 1. The fourth-order valence-electron chi connectivity index (χ4n) is 3.48. The normalized spacial score (nSPS) is 14.3. The van der Waals surface area contributed by atoms with Crippen molar-refractivity contribution >= 4 is 28.5 Å². The molecule has 1 fully saturated rings. The van der Waals surface area contributed by atoms with Crippen LogP contribution in [0.2, 0.25) is 0 Å². The third-order valence-corrected chi connectivity index (χ3v) is 5.26. The fraction of sp³-hybridized carbons (Fsp3) is 0.348. The maximum Gasteiger partial charge on any atom is 0.254 e. The van der Waals surface area contributed by atoms with Crippen LogP contribution in [0.5, 0.6) is 0 Å². The summed E-state index contributed by atoms with van der Waals surface area (Å²) in [6, 6.07) is 15.5.